The predicted molar refractivity (Wildman–Crippen MR) is 152 cm³/mol. The average Bonchev–Trinajstić information content (AvgIpc) is 2.99. The van der Waals surface area contributed by atoms with E-state index in [2.05, 4.69) is 11.9 Å². The van der Waals surface area contributed by atoms with Crippen LogP contribution in [0.15, 0.2) is 43.0 Å². The fourth-order valence-electron chi connectivity index (χ4n) is 2.93. The Labute approximate surface area is 244 Å². The Kier molecular flexibility index (Phi) is 27.7. The minimum atomic E-state index is -0.467. The average molecular weight is 588 g/mol. The van der Waals surface area contributed by atoms with Crippen molar-refractivity contribution in [3.8, 4) is 0 Å². The van der Waals surface area contributed by atoms with E-state index in [1.54, 1.807) is 6.08 Å². The fourth-order valence-corrected chi connectivity index (χ4v) is 2.93. The van der Waals surface area contributed by atoms with Crippen LogP contribution < -0.4 is 5.32 Å². The zero-order valence-electron chi connectivity index (χ0n) is 24.3. The third kappa shape index (κ3) is 27.8. The minimum absolute atomic E-state index is 0.240. The van der Waals surface area contributed by atoms with Gasteiger partial charge in [-0.3, -0.25) is 0 Å². The van der Waals surface area contributed by atoms with Gasteiger partial charge in [-0.2, -0.15) is 0 Å². The molecule has 12 nitrogen and oxygen atoms in total. The molecule has 12 heteroatoms. The van der Waals surface area contributed by atoms with Crippen molar-refractivity contribution in [3.05, 3.63) is 48.6 Å². The zero-order chi connectivity index (χ0) is 29.3. The molecule has 1 N–H and O–H groups in total. The predicted octanol–water partition coefficient (Wildman–Crippen LogP) is 2.25. The second kappa shape index (κ2) is 30.8. The molecule has 0 radical (unpaired) electrons. The van der Waals surface area contributed by atoms with Crippen LogP contribution in [-0.4, -0.2) is 132 Å². The molecule has 0 spiro atoms. The van der Waals surface area contributed by atoms with Crippen LogP contribution >= 0.6 is 0 Å². The highest BCUT2D eigenvalue weighted by molar-refractivity contribution is 5.67. The van der Waals surface area contributed by atoms with Crippen LogP contribution in [0.25, 0.3) is 0 Å². The smallest absolute Gasteiger partial charge is 0.407 e. The van der Waals surface area contributed by atoms with E-state index >= 15 is 0 Å². The highest BCUT2D eigenvalue weighted by Gasteiger charge is 2.01. The van der Waals surface area contributed by atoms with Gasteiger partial charge >= 0.3 is 6.09 Å². The second-order valence-corrected chi connectivity index (χ2v) is 8.25. The maximum absolute atomic E-state index is 11.6. The Morgan fingerprint density at radius 3 is 1.32 bits per heavy atom. The molecule has 1 amide bonds. The summed E-state index contributed by atoms with van der Waals surface area (Å²) in [5.74, 6) is 0. The molecule has 1 aromatic rings. The van der Waals surface area contributed by atoms with Crippen molar-refractivity contribution in [3.63, 3.8) is 0 Å². The highest BCUT2D eigenvalue weighted by atomic mass is 16.6. The minimum Gasteiger partial charge on any atom is -0.445 e. The fraction of sp³-hybridized carbons (Fsp3) is 0.690. The van der Waals surface area contributed by atoms with Crippen molar-refractivity contribution in [2.75, 3.05) is 125 Å². The molecular formula is C29H49NO11. The number of hydrogen-bond donors (Lipinski definition) is 1. The van der Waals surface area contributed by atoms with Crippen LogP contribution in [0.3, 0.4) is 0 Å². The first kappa shape index (κ1) is 36.9. The molecule has 0 aromatic heterocycles. The molecular weight excluding hydrogens is 538 g/mol. The normalized spacial score (nSPS) is 11.0. The summed E-state index contributed by atoms with van der Waals surface area (Å²) >= 11 is 0. The number of hydrogen-bond acceptors (Lipinski definition) is 11. The van der Waals surface area contributed by atoms with Crippen LogP contribution in [0, 0.1) is 0 Å². The summed E-state index contributed by atoms with van der Waals surface area (Å²) < 4.78 is 53.7. The van der Waals surface area contributed by atoms with Crippen molar-refractivity contribution < 1.29 is 52.2 Å². The van der Waals surface area contributed by atoms with Crippen molar-refractivity contribution in [2.24, 2.45) is 0 Å². The van der Waals surface area contributed by atoms with E-state index in [-0.39, 0.29) is 6.61 Å². The van der Waals surface area contributed by atoms with Crippen LogP contribution in [0.4, 0.5) is 4.79 Å². The molecule has 41 heavy (non-hydrogen) atoms. The number of alkyl carbamates (subject to hydrolysis) is 1. The van der Waals surface area contributed by atoms with Gasteiger partial charge in [0.2, 0.25) is 0 Å². The Bertz CT molecular complexity index is 697. The van der Waals surface area contributed by atoms with Gasteiger partial charge in [0.15, 0.2) is 0 Å². The number of nitrogens with one attached hydrogen (secondary N) is 1. The SMILES string of the molecule is C=CCOCCOCCOCCOCCOCCOCCOCCOCCOCCNC(=O)OCc1ccccc1. The second-order valence-electron chi connectivity index (χ2n) is 8.25. The molecule has 0 aliphatic carbocycles. The number of amides is 1. The first-order valence-electron chi connectivity index (χ1n) is 14.1. The maximum Gasteiger partial charge on any atom is 0.407 e. The van der Waals surface area contributed by atoms with E-state index in [1.807, 2.05) is 30.3 Å². The molecule has 0 unspecified atom stereocenters. The summed E-state index contributed by atoms with van der Waals surface area (Å²) in [5, 5.41) is 2.64. The van der Waals surface area contributed by atoms with E-state index in [1.165, 1.54) is 0 Å². The van der Waals surface area contributed by atoms with Gasteiger partial charge in [0.25, 0.3) is 0 Å². The third-order valence-electron chi connectivity index (χ3n) is 4.94. The maximum atomic E-state index is 11.6. The summed E-state index contributed by atoms with van der Waals surface area (Å²) in [4.78, 5) is 11.6. The van der Waals surface area contributed by atoms with Crippen molar-refractivity contribution in [2.45, 2.75) is 6.61 Å². The van der Waals surface area contributed by atoms with Crippen molar-refractivity contribution in [1.82, 2.24) is 5.32 Å². The van der Waals surface area contributed by atoms with E-state index in [9.17, 15) is 4.79 Å². The molecule has 0 saturated heterocycles. The molecule has 0 aliphatic rings. The Hall–Kier alpha value is -2.13. The molecule has 0 aliphatic heterocycles. The third-order valence-corrected chi connectivity index (χ3v) is 4.94. The zero-order valence-corrected chi connectivity index (χ0v) is 24.3. The Morgan fingerprint density at radius 1 is 0.561 bits per heavy atom. The summed E-state index contributed by atoms with van der Waals surface area (Å²) in [7, 11) is 0. The van der Waals surface area contributed by atoms with Crippen molar-refractivity contribution >= 4 is 6.09 Å². The highest BCUT2D eigenvalue weighted by Crippen LogP contribution is 2.00. The summed E-state index contributed by atoms with van der Waals surface area (Å²) in [6.07, 6.45) is 1.24. The number of carbonyl (C=O) groups excluding carboxylic acids is 1. The Balaban J connectivity index is 1.66. The Morgan fingerprint density at radius 2 is 0.927 bits per heavy atom. The number of rotatable bonds is 31. The van der Waals surface area contributed by atoms with Crippen LogP contribution in [0.5, 0.6) is 0 Å². The van der Waals surface area contributed by atoms with Crippen LogP contribution in [0.1, 0.15) is 5.56 Å². The lowest BCUT2D eigenvalue weighted by molar-refractivity contribution is -0.0245. The number of benzene rings is 1. The van der Waals surface area contributed by atoms with Gasteiger partial charge in [-0.15, -0.1) is 6.58 Å². The summed E-state index contributed by atoms with van der Waals surface area (Å²) in [5.41, 5.74) is 0.939. The monoisotopic (exact) mass is 587 g/mol. The molecule has 1 rings (SSSR count). The molecule has 236 valence electrons. The lowest BCUT2D eigenvalue weighted by Gasteiger charge is -2.09. The van der Waals surface area contributed by atoms with E-state index in [0.29, 0.717) is 125 Å². The van der Waals surface area contributed by atoms with Gasteiger partial charge in [-0.05, 0) is 5.56 Å². The molecule has 1 aromatic carbocycles. The molecule has 0 heterocycles. The lowest BCUT2D eigenvalue weighted by Crippen LogP contribution is -2.28. The lowest BCUT2D eigenvalue weighted by atomic mass is 10.2. The van der Waals surface area contributed by atoms with Crippen LogP contribution in [-0.2, 0) is 54.0 Å². The number of ether oxygens (including phenoxy) is 10. The van der Waals surface area contributed by atoms with Gasteiger partial charge in [-0.1, -0.05) is 36.4 Å². The van der Waals surface area contributed by atoms with E-state index in [0.717, 1.165) is 5.56 Å². The van der Waals surface area contributed by atoms with Gasteiger partial charge < -0.3 is 52.7 Å². The topological polar surface area (TPSA) is 121 Å². The summed E-state index contributed by atoms with van der Waals surface area (Å²) in [6, 6.07) is 9.51. The standard InChI is InChI=1S/C29H49NO11/c1-2-9-32-11-13-34-15-17-36-19-21-38-23-25-40-26-24-39-22-20-37-18-16-35-14-12-33-10-8-30-29(31)41-27-28-6-4-3-5-7-28/h2-7H,1,8-27H2,(H,30,31). The van der Waals surface area contributed by atoms with Gasteiger partial charge in [-0.25, -0.2) is 4.79 Å². The van der Waals surface area contributed by atoms with E-state index < -0.39 is 6.09 Å². The van der Waals surface area contributed by atoms with Gasteiger partial charge in [0, 0.05) is 6.54 Å². The molecule has 0 atom stereocenters. The van der Waals surface area contributed by atoms with Crippen LogP contribution in [0.2, 0.25) is 0 Å². The van der Waals surface area contributed by atoms with Crippen molar-refractivity contribution in [1.29, 1.82) is 0 Å². The van der Waals surface area contributed by atoms with Gasteiger partial charge in [0.1, 0.15) is 6.61 Å². The first-order chi connectivity index (χ1) is 20.3. The number of carbonyl (C=O) groups is 1. The molecule has 0 saturated carbocycles. The first-order valence-corrected chi connectivity index (χ1v) is 14.1. The summed E-state index contributed by atoms with van der Waals surface area (Å²) in [6.45, 7) is 13.2. The van der Waals surface area contributed by atoms with E-state index in [4.69, 9.17) is 47.4 Å². The van der Waals surface area contributed by atoms with Gasteiger partial charge in [0.05, 0.1) is 119 Å². The largest absolute Gasteiger partial charge is 0.445 e. The molecule has 0 fully saturated rings. The molecule has 0 bridgehead atoms. The quantitative estimate of drug-likeness (QED) is 0.102.